The Bertz CT molecular complexity index is 1640. The van der Waals surface area contributed by atoms with Crippen molar-refractivity contribution in [1.29, 1.82) is 0 Å². The molecule has 0 saturated heterocycles. The number of hydrogen-bond acceptors (Lipinski definition) is 11. The van der Waals surface area contributed by atoms with E-state index < -0.39 is 23.2 Å². The van der Waals surface area contributed by atoms with Crippen LogP contribution in [-0.4, -0.2) is 91.8 Å². The minimum atomic E-state index is -0.909. The van der Waals surface area contributed by atoms with Gasteiger partial charge < -0.3 is 48.6 Å². The molecular weight excluding hydrogens is 885 g/mol. The molecule has 6 N–H and O–H groups in total. The number of benzene rings is 1. The van der Waals surface area contributed by atoms with Gasteiger partial charge in [-0.3, -0.25) is 19.2 Å². The molecule has 4 saturated carbocycles. The number of nitrogens with one attached hydrogen (secondary N) is 2. The number of primary amides is 1. The van der Waals surface area contributed by atoms with E-state index in [-0.39, 0.29) is 110 Å². The summed E-state index contributed by atoms with van der Waals surface area (Å²) < 4.78 is 28.1. The van der Waals surface area contributed by atoms with E-state index in [2.05, 4.69) is 38.3 Å². The number of hydrogen-bond donors (Lipinski definition) is 5. The summed E-state index contributed by atoms with van der Waals surface area (Å²) in [5.74, 6) is -0.580. The smallest absolute Gasteiger partial charge is 0.306 e. The molecule has 4 aliphatic rings. The Hall–Kier alpha value is -2.73. The van der Waals surface area contributed by atoms with Crippen molar-refractivity contribution in [3.05, 3.63) is 17.7 Å². The van der Waals surface area contributed by atoms with Crippen molar-refractivity contribution in [2.75, 3.05) is 45.4 Å². The van der Waals surface area contributed by atoms with Crippen molar-refractivity contribution in [3.8, 4) is 11.5 Å². The van der Waals surface area contributed by atoms with Crippen LogP contribution in [0.25, 0.3) is 0 Å². The molecule has 338 valence electrons. The summed E-state index contributed by atoms with van der Waals surface area (Å²) in [5, 5.41) is 27.5. The minimum absolute atomic E-state index is 0.00768. The number of ether oxygens (including phenoxy) is 4. The Kier molecular flexibility index (Phi) is 17.4. The van der Waals surface area contributed by atoms with Gasteiger partial charge in [0.05, 0.1) is 43.6 Å². The Morgan fingerprint density at radius 1 is 0.917 bits per heavy atom. The van der Waals surface area contributed by atoms with Crippen LogP contribution >= 0.6 is 23.0 Å². The first-order chi connectivity index (χ1) is 28.6. The average Bonchev–Trinajstić information content (AvgIpc) is 3.58. The largest absolute Gasteiger partial charge is 0.505 e. The lowest BCUT2D eigenvalue weighted by Gasteiger charge is -2.63. The van der Waals surface area contributed by atoms with E-state index in [1.807, 2.05) is 0 Å². The van der Waals surface area contributed by atoms with Gasteiger partial charge in [-0.15, -0.1) is 0 Å². The van der Waals surface area contributed by atoms with E-state index in [0.29, 0.717) is 17.8 Å². The standard InChI is InChI=1S/C45H70IN3O11/c1-6-7-8-9-18-45(4,55)36-13-10-30-29-26-35(32-25-28(56-5)16-19-43(32,2)31(29)17-20-44(30,36)3)59-39(52)15-14-37(50)48-21-22-57-23-24-58-27-38(51)49-33-11-12-34(60-46)40(41(33)53)42(47)54/h11-12,28-32,35-36,53,55H,6-10,13-27H2,1-5H3,(H2,47,54)(H,48,50)(H,49,51)/t28-,29?,30?,31?,32+,35-,36-,43+,44-,45-/m0/s1. The Morgan fingerprint density at radius 2 is 1.65 bits per heavy atom. The number of nitrogens with two attached hydrogens (primary N) is 1. The van der Waals surface area contributed by atoms with Gasteiger partial charge in [0.2, 0.25) is 11.8 Å². The minimum Gasteiger partial charge on any atom is -0.505 e. The second kappa shape index (κ2) is 21.6. The molecule has 0 aromatic heterocycles. The number of methoxy groups -OCH3 is 1. The molecule has 0 aliphatic heterocycles. The zero-order valence-corrected chi connectivity index (χ0v) is 38.5. The van der Waals surface area contributed by atoms with E-state index in [1.165, 1.54) is 31.4 Å². The summed E-state index contributed by atoms with van der Waals surface area (Å²) >= 11 is 1.55. The molecule has 4 aliphatic carbocycles. The first kappa shape index (κ1) is 48.3. The molecule has 0 spiro atoms. The summed E-state index contributed by atoms with van der Waals surface area (Å²) in [7, 11) is 1.78. The van der Waals surface area contributed by atoms with Crippen LogP contribution in [0.3, 0.4) is 0 Å². The van der Waals surface area contributed by atoms with E-state index in [9.17, 15) is 29.4 Å². The van der Waals surface area contributed by atoms with Crippen molar-refractivity contribution >= 4 is 52.4 Å². The lowest BCUT2D eigenvalue weighted by atomic mass is 9.43. The quantitative estimate of drug-likeness (QED) is 0.0346. The van der Waals surface area contributed by atoms with Crippen LogP contribution in [0, 0.1) is 40.4 Å². The van der Waals surface area contributed by atoms with Crippen molar-refractivity contribution in [1.82, 2.24) is 5.32 Å². The van der Waals surface area contributed by atoms with Gasteiger partial charge in [0.1, 0.15) is 24.0 Å². The molecule has 15 heteroatoms. The van der Waals surface area contributed by atoms with Gasteiger partial charge in [-0.2, -0.15) is 0 Å². The number of phenols is 1. The number of halogens is 1. The molecule has 3 amide bonds. The molecule has 4 fully saturated rings. The Labute approximate surface area is 370 Å². The molecular formula is C45H70IN3O11. The number of unbranched alkanes of at least 4 members (excludes halogenated alkanes) is 3. The van der Waals surface area contributed by atoms with Crippen LogP contribution in [0.4, 0.5) is 5.69 Å². The summed E-state index contributed by atoms with van der Waals surface area (Å²) in [6, 6.07) is 2.77. The number of esters is 1. The number of fused-ring (bicyclic) bond motifs is 5. The van der Waals surface area contributed by atoms with Crippen LogP contribution in [0.15, 0.2) is 12.1 Å². The third-order valence-corrected chi connectivity index (χ3v) is 15.5. The fourth-order valence-corrected chi connectivity index (χ4v) is 12.4. The predicted octanol–water partition coefficient (Wildman–Crippen LogP) is 7.01. The maximum atomic E-state index is 13.5. The molecule has 0 heterocycles. The second-order valence-corrected chi connectivity index (χ2v) is 19.0. The number of rotatable bonds is 22. The maximum absolute atomic E-state index is 13.5. The summed E-state index contributed by atoms with van der Waals surface area (Å²) in [6.45, 7) is 9.59. The predicted molar refractivity (Wildman–Crippen MR) is 234 cm³/mol. The zero-order chi connectivity index (χ0) is 43.7. The third kappa shape index (κ3) is 11.3. The van der Waals surface area contributed by atoms with E-state index in [0.717, 1.165) is 64.2 Å². The fraction of sp³-hybridized carbons (Fsp3) is 0.778. The highest BCUT2D eigenvalue weighted by Crippen LogP contribution is 2.69. The maximum Gasteiger partial charge on any atom is 0.306 e. The molecule has 3 unspecified atom stereocenters. The molecule has 60 heavy (non-hydrogen) atoms. The van der Waals surface area contributed by atoms with Crippen molar-refractivity contribution < 1.29 is 51.4 Å². The molecule has 0 radical (unpaired) electrons. The van der Waals surface area contributed by atoms with Gasteiger partial charge in [-0.1, -0.05) is 46.5 Å². The third-order valence-electron chi connectivity index (χ3n) is 15.0. The SMILES string of the molecule is CCCCCC[C@](C)(O)[C@H]1CCC2C3C[C@H](OC(=O)CCC(=O)NCCOCCOCC(=O)Nc4ccc(OI)c(C(N)=O)c4O)[C@H]4C[C@@H](OC)CC[C@]4(C)C3CC[C@@]21C. The van der Waals surface area contributed by atoms with Gasteiger partial charge >= 0.3 is 5.97 Å². The summed E-state index contributed by atoms with van der Waals surface area (Å²) in [5.41, 5.74) is 4.47. The molecule has 1 aromatic rings. The number of aromatic hydroxyl groups is 1. The van der Waals surface area contributed by atoms with Gasteiger partial charge in [-0.05, 0) is 111 Å². The fourth-order valence-electron chi connectivity index (χ4n) is 12.0. The molecule has 5 rings (SSSR count). The normalized spacial score (nSPS) is 30.6. The lowest BCUT2D eigenvalue weighted by molar-refractivity contribution is -0.198. The molecule has 14 nitrogen and oxygen atoms in total. The number of aliphatic hydroxyl groups is 1. The highest BCUT2D eigenvalue weighted by atomic mass is 127. The Balaban J connectivity index is 1.05. The monoisotopic (exact) mass is 955 g/mol. The second-order valence-electron chi connectivity index (χ2n) is 18.6. The number of amides is 3. The van der Waals surface area contributed by atoms with Crippen LogP contribution in [0.2, 0.25) is 0 Å². The van der Waals surface area contributed by atoms with Gasteiger partial charge in [0, 0.05) is 26.0 Å². The van der Waals surface area contributed by atoms with Crippen molar-refractivity contribution in [3.63, 3.8) is 0 Å². The number of carbonyl (C=O) groups is 4. The number of carbonyl (C=O) groups excluding carboxylic acids is 4. The van der Waals surface area contributed by atoms with Gasteiger partial charge in [0.25, 0.3) is 5.91 Å². The zero-order valence-electron chi connectivity index (χ0n) is 36.4. The van der Waals surface area contributed by atoms with Crippen molar-refractivity contribution in [2.24, 2.45) is 46.2 Å². The average molecular weight is 956 g/mol. The highest BCUT2D eigenvalue weighted by molar-refractivity contribution is 14.1. The molecule has 10 atom stereocenters. The van der Waals surface area contributed by atoms with E-state index in [1.54, 1.807) is 30.1 Å². The summed E-state index contributed by atoms with van der Waals surface area (Å²) in [6.07, 6.45) is 13.6. The number of anilines is 1. The lowest BCUT2D eigenvalue weighted by Crippen LogP contribution is -2.59. The first-order valence-corrected chi connectivity index (χ1v) is 23.1. The van der Waals surface area contributed by atoms with Crippen LogP contribution in [0.1, 0.15) is 134 Å². The first-order valence-electron chi connectivity index (χ1n) is 22.2. The van der Waals surface area contributed by atoms with Crippen LogP contribution < -0.4 is 19.4 Å². The highest BCUT2D eigenvalue weighted by Gasteiger charge is 2.64. The van der Waals surface area contributed by atoms with Crippen molar-refractivity contribution in [2.45, 2.75) is 142 Å². The van der Waals surface area contributed by atoms with E-state index >= 15 is 0 Å². The van der Waals surface area contributed by atoms with Crippen LogP contribution in [0.5, 0.6) is 11.5 Å². The van der Waals surface area contributed by atoms with Gasteiger partial charge in [0.15, 0.2) is 28.8 Å². The molecule has 0 bridgehead atoms. The van der Waals surface area contributed by atoms with Gasteiger partial charge in [-0.25, -0.2) is 0 Å². The molecule has 1 aromatic carbocycles. The topological polar surface area (TPSA) is 205 Å². The summed E-state index contributed by atoms with van der Waals surface area (Å²) in [4.78, 5) is 50.2. The Morgan fingerprint density at radius 3 is 2.37 bits per heavy atom. The van der Waals surface area contributed by atoms with Crippen LogP contribution in [-0.2, 0) is 33.3 Å². The van der Waals surface area contributed by atoms with E-state index in [4.69, 9.17) is 27.7 Å².